The minimum Gasteiger partial charge on any atom is -0.319 e. The van der Waals surface area contributed by atoms with Gasteiger partial charge >= 0.3 is 0 Å². The number of nitrogens with zero attached hydrogens (tertiary/aromatic N) is 1. The van der Waals surface area contributed by atoms with Crippen LogP contribution >= 0.6 is 23.1 Å². The molecule has 1 unspecified atom stereocenters. The van der Waals surface area contributed by atoms with Crippen molar-refractivity contribution >= 4 is 23.1 Å². The van der Waals surface area contributed by atoms with Gasteiger partial charge in [0.25, 0.3) is 0 Å². The first-order valence-electron chi connectivity index (χ1n) is 5.47. The first kappa shape index (κ1) is 11.4. The van der Waals surface area contributed by atoms with Gasteiger partial charge < -0.3 is 5.32 Å². The van der Waals surface area contributed by atoms with Crippen molar-refractivity contribution in [3.05, 3.63) is 15.6 Å². The molecule has 0 amide bonds. The zero-order valence-electron chi connectivity index (χ0n) is 9.38. The van der Waals surface area contributed by atoms with Gasteiger partial charge in [0.2, 0.25) is 0 Å². The van der Waals surface area contributed by atoms with Crippen LogP contribution in [0.2, 0.25) is 0 Å². The van der Waals surface area contributed by atoms with Crippen LogP contribution in [0.5, 0.6) is 0 Å². The molecule has 0 saturated heterocycles. The number of thioether (sulfide) groups is 1. The van der Waals surface area contributed by atoms with E-state index in [9.17, 15) is 0 Å². The Morgan fingerprint density at radius 2 is 2.47 bits per heavy atom. The lowest BCUT2D eigenvalue weighted by molar-refractivity contribution is 0.522. The van der Waals surface area contributed by atoms with Crippen LogP contribution < -0.4 is 5.32 Å². The summed E-state index contributed by atoms with van der Waals surface area (Å²) in [6, 6.07) is 0. The van der Waals surface area contributed by atoms with Crippen LogP contribution in [0.15, 0.2) is 0 Å². The summed E-state index contributed by atoms with van der Waals surface area (Å²) in [7, 11) is 2.03. The normalized spacial score (nSPS) is 20.3. The van der Waals surface area contributed by atoms with Crippen LogP contribution in [0.25, 0.3) is 0 Å². The Bertz CT molecular complexity index is 322. The molecule has 0 saturated carbocycles. The summed E-state index contributed by atoms with van der Waals surface area (Å²) in [6.07, 6.45) is 6.03. The van der Waals surface area contributed by atoms with Crippen LogP contribution in [0.3, 0.4) is 0 Å². The predicted molar refractivity (Wildman–Crippen MR) is 68.9 cm³/mol. The fourth-order valence-corrected chi connectivity index (χ4v) is 4.08. The van der Waals surface area contributed by atoms with Gasteiger partial charge in [-0.15, -0.1) is 11.3 Å². The Morgan fingerprint density at radius 1 is 1.60 bits per heavy atom. The van der Waals surface area contributed by atoms with E-state index in [0.29, 0.717) is 5.92 Å². The molecule has 1 N–H and O–H groups in total. The summed E-state index contributed by atoms with van der Waals surface area (Å²) in [5.74, 6) is 1.73. The van der Waals surface area contributed by atoms with Gasteiger partial charge in [0.05, 0.1) is 5.69 Å². The fourth-order valence-electron chi connectivity index (χ4n) is 2.19. The van der Waals surface area contributed by atoms with Crippen LogP contribution in [0.1, 0.15) is 34.3 Å². The molecular formula is C11H18N2S2. The van der Waals surface area contributed by atoms with Gasteiger partial charge in [-0.05, 0) is 32.6 Å². The molecule has 1 atom stereocenters. The second-order valence-electron chi connectivity index (χ2n) is 4.00. The molecule has 0 fully saturated rings. The van der Waals surface area contributed by atoms with Gasteiger partial charge in [0, 0.05) is 23.1 Å². The average molecular weight is 242 g/mol. The van der Waals surface area contributed by atoms with E-state index >= 15 is 0 Å². The van der Waals surface area contributed by atoms with Crippen molar-refractivity contribution in [1.82, 2.24) is 10.3 Å². The summed E-state index contributed by atoms with van der Waals surface area (Å²) < 4.78 is 0. The van der Waals surface area contributed by atoms with Gasteiger partial charge in [-0.25, -0.2) is 4.98 Å². The lowest BCUT2D eigenvalue weighted by atomic mass is 9.91. The monoisotopic (exact) mass is 242 g/mol. The van der Waals surface area contributed by atoms with Crippen molar-refractivity contribution in [2.75, 3.05) is 19.8 Å². The minimum absolute atomic E-state index is 0.658. The van der Waals surface area contributed by atoms with Crippen molar-refractivity contribution in [2.24, 2.45) is 0 Å². The van der Waals surface area contributed by atoms with Gasteiger partial charge in [0.15, 0.2) is 0 Å². The zero-order valence-corrected chi connectivity index (χ0v) is 11.0. The van der Waals surface area contributed by atoms with Crippen molar-refractivity contribution < 1.29 is 0 Å². The second-order valence-corrected chi connectivity index (χ2v) is 6.03. The molecule has 0 bridgehead atoms. The molecule has 2 rings (SSSR count). The highest BCUT2D eigenvalue weighted by Gasteiger charge is 2.23. The summed E-state index contributed by atoms with van der Waals surface area (Å²) in [5, 5.41) is 4.59. The number of rotatable bonds is 4. The van der Waals surface area contributed by atoms with E-state index < -0.39 is 0 Å². The van der Waals surface area contributed by atoms with E-state index in [1.54, 1.807) is 4.88 Å². The Morgan fingerprint density at radius 3 is 3.20 bits per heavy atom. The highest BCUT2D eigenvalue weighted by atomic mass is 32.2. The number of fused-ring (bicyclic) bond motifs is 1. The molecule has 1 heterocycles. The number of aryl methyl sites for hydroxylation is 1. The van der Waals surface area contributed by atoms with E-state index in [-0.39, 0.29) is 0 Å². The molecule has 15 heavy (non-hydrogen) atoms. The topological polar surface area (TPSA) is 24.9 Å². The number of nitrogens with one attached hydrogen (secondary N) is 1. The summed E-state index contributed by atoms with van der Waals surface area (Å²) >= 11 is 3.79. The molecule has 0 radical (unpaired) electrons. The zero-order chi connectivity index (χ0) is 10.7. The molecule has 0 aliphatic heterocycles. The molecule has 2 nitrogen and oxygen atoms in total. The Balaban J connectivity index is 2.18. The molecule has 4 heteroatoms. The Labute approximate surface area is 99.9 Å². The number of hydrogen-bond donors (Lipinski definition) is 1. The number of likely N-dealkylation sites (N-methyl/N-ethyl adjacent to an activating group) is 1. The molecule has 1 aromatic rings. The van der Waals surface area contributed by atoms with E-state index in [2.05, 4.69) is 11.6 Å². The molecule has 1 aliphatic rings. The predicted octanol–water partition coefficient (Wildman–Crippen LogP) is 2.65. The van der Waals surface area contributed by atoms with Crippen molar-refractivity contribution in [1.29, 1.82) is 0 Å². The van der Waals surface area contributed by atoms with E-state index in [1.807, 2.05) is 30.1 Å². The summed E-state index contributed by atoms with van der Waals surface area (Å²) in [5.41, 5.74) is 1.39. The quantitative estimate of drug-likeness (QED) is 0.878. The standard InChI is InChI=1S/C11H18N2S2/c1-12-6-8-4-3-5-9-11(8)13-10(15-9)7-14-2/h8,12H,3-7H2,1-2H3. The lowest BCUT2D eigenvalue weighted by Crippen LogP contribution is -2.21. The smallest absolute Gasteiger partial charge is 0.103 e. The third-order valence-corrected chi connectivity index (χ3v) is 4.71. The molecular weight excluding hydrogens is 224 g/mol. The first-order valence-corrected chi connectivity index (χ1v) is 7.68. The van der Waals surface area contributed by atoms with Crippen molar-refractivity contribution in [3.63, 3.8) is 0 Å². The Hall–Kier alpha value is -0.0600. The summed E-state index contributed by atoms with van der Waals surface area (Å²) in [6.45, 7) is 1.08. The second kappa shape index (κ2) is 5.32. The van der Waals surface area contributed by atoms with Crippen LogP contribution in [0.4, 0.5) is 0 Å². The molecule has 0 aromatic carbocycles. The first-order chi connectivity index (χ1) is 7.35. The highest BCUT2D eigenvalue weighted by molar-refractivity contribution is 7.97. The molecule has 1 aliphatic carbocycles. The lowest BCUT2D eigenvalue weighted by Gasteiger charge is -2.20. The van der Waals surface area contributed by atoms with Crippen molar-refractivity contribution in [3.8, 4) is 0 Å². The third kappa shape index (κ3) is 2.55. The van der Waals surface area contributed by atoms with E-state index in [1.165, 1.54) is 30.0 Å². The number of thiazole rings is 1. The van der Waals surface area contributed by atoms with Crippen molar-refractivity contribution in [2.45, 2.75) is 30.9 Å². The summed E-state index contributed by atoms with van der Waals surface area (Å²) in [4.78, 5) is 6.35. The van der Waals surface area contributed by atoms with Crippen LogP contribution in [-0.4, -0.2) is 24.8 Å². The van der Waals surface area contributed by atoms with Gasteiger partial charge in [0.1, 0.15) is 5.01 Å². The Kier molecular flexibility index (Phi) is 4.05. The molecule has 0 spiro atoms. The van der Waals surface area contributed by atoms with Crippen LogP contribution in [0, 0.1) is 0 Å². The third-order valence-electron chi connectivity index (χ3n) is 2.83. The van der Waals surface area contributed by atoms with Gasteiger partial charge in [-0.2, -0.15) is 11.8 Å². The van der Waals surface area contributed by atoms with Gasteiger partial charge in [-0.3, -0.25) is 0 Å². The van der Waals surface area contributed by atoms with Gasteiger partial charge in [-0.1, -0.05) is 0 Å². The van der Waals surface area contributed by atoms with E-state index in [0.717, 1.165) is 12.3 Å². The van der Waals surface area contributed by atoms with Crippen LogP contribution in [-0.2, 0) is 12.2 Å². The van der Waals surface area contributed by atoms with E-state index in [4.69, 9.17) is 4.98 Å². The number of aromatic nitrogens is 1. The maximum Gasteiger partial charge on any atom is 0.103 e. The maximum absolute atomic E-state index is 4.80. The number of hydrogen-bond acceptors (Lipinski definition) is 4. The SMILES string of the molecule is CNCC1CCCc2sc(CSC)nc21. The maximum atomic E-state index is 4.80. The molecule has 1 aromatic heterocycles. The fraction of sp³-hybridized carbons (Fsp3) is 0.727. The minimum atomic E-state index is 0.658. The average Bonchev–Trinajstić information content (AvgIpc) is 2.62. The largest absolute Gasteiger partial charge is 0.319 e. The molecule has 84 valence electrons. The highest BCUT2D eigenvalue weighted by Crippen LogP contribution is 2.35.